The van der Waals surface area contributed by atoms with Gasteiger partial charge in [-0.3, -0.25) is 14.8 Å². The zero-order chi connectivity index (χ0) is 14.5. The van der Waals surface area contributed by atoms with Crippen LogP contribution in [-0.2, 0) is 13.1 Å². The lowest BCUT2D eigenvalue weighted by Crippen LogP contribution is -2.09. The molecular formula is C14H18N4O2. The lowest BCUT2D eigenvalue weighted by Gasteiger charge is -2.11. The Morgan fingerprint density at radius 3 is 2.90 bits per heavy atom. The fourth-order valence-electron chi connectivity index (χ4n) is 2.02. The summed E-state index contributed by atoms with van der Waals surface area (Å²) >= 11 is 0. The van der Waals surface area contributed by atoms with Crippen molar-refractivity contribution in [2.45, 2.75) is 33.4 Å². The van der Waals surface area contributed by atoms with Crippen molar-refractivity contribution < 1.29 is 4.92 Å². The zero-order valence-electron chi connectivity index (χ0n) is 11.7. The summed E-state index contributed by atoms with van der Waals surface area (Å²) in [4.78, 5) is 10.4. The fourth-order valence-corrected chi connectivity index (χ4v) is 2.02. The van der Waals surface area contributed by atoms with Crippen LogP contribution in [-0.4, -0.2) is 14.7 Å². The molecule has 0 aliphatic carbocycles. The topological polar surface area (TPSA) is 73.0 Å². The van der Waals surface area contributed by atoms with Crippen molar-refractivity contribution in [1.29, 1.82) is 0 Å². The minimum Gasteiger partial charge on any atom is -0.379 e. The number of nitro groups is 1. The van der Waals surface area contributed by atoms with Crippen molar-refractivity contribution >= 4 is 11.4 Å². The Morgan fingerprint density at radius 2 is 2.20 bits per heavy atom. The number of hydrogen-bond donors (Lipinski definition) is 1. The van der Waals surface area contributed by atoms with Crippen LogP contribution in [0.4, 0.5) is 11.4 Å². The van der Waals surface area contributed by atoms with Gasteiger partial charge in [-0.1, -0.05) is 13.0 Å². The van der Waals surface area contributed by atoms with Crippen molar-refractivity contribution in [1.82, 2.24) is 9.78 Å². The smallest absolute Gasteiger partial charge is 0.271 e. The number of anilines is 1. The molecule has 0 spiro atoms. The molecule has 0 aliphatic rings. The van der Waals surface area contributed by atoms with Crippen LogP contribution in [0.3, 0.4) is 0 Å². The second kappa shape index (κ2) is 6.18. The molecule has 2 rings (SSSR count). The van der Waals surface area contributed by atoms with Gasteiger partial charge in [0.25, 0.3) is 5.69 Å². The lowest BCUT2D eigenvalue weighted by atomic mass is 10.2. The highest BCUT2D eigenvalue weighted by molar-refractivity contribution is 5.56. The first-order valence-corrected chi connectivity index (χ1v) is 6.61. The van der Waals surface area contributed by atoms with Gasteiger partial charge in [0.1, 0.15) is 0 Å². The van der Waals surface area contributed by atoms with E-state index in [9.17, 15) is 10.1 Å². The van der Waals surface area contributed by atoms with Crippen molar-refractivity contribution in [3.8, 4) is 0 Å². The Balaban J connectivity index is 2.12. The molecule has 0 saturated heterocycles. The van der Waals surface area contributed by atoms with Crippen LogP contribution in [0.5, 0.6) is 0 Å². The van der Waals surface area contributed by atoms with Crippen LogP contribution in [0.1, 0.15) is 24.6 Å². The van der Waals surface area contributed by atoms with Crippen molar-refractivity contribution in [3.05, 3.63) is 51.8 Å². The summed E-state index contributed by atoms with van der Waals surface area (Å²) in [6, 6.07) is 6.79. The number of nitrogens with one attached hydrogen (secondary N) is 1. The van der Waals surface area contributed by atoms with Crippen LogP contribution in [0.2, 0.25) is 0 Å². The van der Waals surface area contributed by atoms with E-state index in [4.69, 9.17) is 0 Å². The van der Waals surface area contributed by atoms with E-state index in [1.165, 1.54) is 6.07 Å². The molecule has 0 saturated carbocycles. The first kappa shape index (κ1) is 14.0. The predicted molar refractivity (Wildman–Crippen MR) is 77.7 cm³/mol. The quantitative estimate of drug-likeness (QED) is 0.648. The van der Waals surface area contributed by atoms with E-state index in [-0.39, 0.29) is 10.6 Å². The molecule has 1 heterocycles. The molecule has 1 aromatic carbocycles. The number of aryl methyl sites for hydroxylation is 2. The van der Waals surface area contributed by atoms with E-state index >= 15 is 0 Å². The molecule has 2 aromatic rings. The highest BCUT2D eigenvalue weighted by atomic mass is 16.6. The molecule has 0 radical (unpaired) electrons. The van der Waals surface area contributed by atoms with Gasteiger partial charge in [-0.15, -0.1) is 0 Å². The number of non-ortho nitro benzene ring substituents is 1. The molecule has 0 fully saturated rings. The minimum absolute atomic E-state index is 0.0974. The Kier molecular flexibility index (Phi) is 4.34. The Morgan fingerprint density at radius 1 is 1.40 bits per heavy atom. The summed E-state index contributed by atoms with van der Waals surface area (Å²) in [6.07, 6.45) is 2.79. The number of nitrogens with zero attached hydrogens (tertiary/aromatic N) is 3. The highest BCUT2D eigenvalue weighted by Gasteiger charge is 2.09. The Hall–Kier alpha value is -2.37. The van der Waals surface area contributed by atoms with Crippen molar-refractivity contribution in [2.75, 3.05) is 5.32 Å². The molecule has 6 nitrogen and oxygen atoms in total. The summed E-state index contributed by atoms with van der Waals surface area (Å²) in [6.45, 7) is 5.50. The molecule has 0 aliphatic heterocycles. The molecule has 20 heavy (non-hydrogen) atoms. The SMILES string of the molecule is CCCn1nccc1CNc1cc([N+](=O)[O-])ccc1C. The van der Waals surface area contributed by atoms with E-state index in [0.29, 0.717) is 6.54 Å². The van der Waals surface area contributed by atoms with E-state index < -0.39 is 0 Å². The Labute approximate surface area is 117 Å². The number of benzene rings is 1. The monoisotopic (exact) mass is 274 g/mol. The van der Waals surface area contributed by atoms with E-state index in [0.717, 1.165) is 29.9 Å². The zero-order valence-corrected chi connectivity index (χ0v) is 11.7. The molecule has 0 amide bonds. The molecule has 106 valence electrons. The van der Waals surface area contributed by atoms with Gasteiger partial charge in [-0.05, 0) is 25.0 Å². The number of hydrogen-bond acceptors (Lipinski definition) is 4. The van der Waals surface area contributed by atoms with E-state index in [1.807, 2.05) is 17.7 Å². The van der Waals surface area contributed by atoms with Crippen LogP contribution in [0, 0.1) is 17.0 Å². The average molecular weight is 274 g/mol. The predicted octanol–water partition coefficient (Wildman–Crippen LogP) is 3.12. The maximum Gasteiger partial charge on any atom is 0.271 e. The summed E-state index contributed by atoms with van der Waals surface area (Å²) < 4.78 is 1.94. The average Bonchev–Trinajstić information content (AvgIpc) is 2.85. The van der Waals surface area contributed by atoms with Crippen LogP contribution < -0.4 is 5.32 Å². The summed E-state index contributed by atoms with van der Waals surface area (Å²) in [5, 5.41) is 18.3. The molecule has 0 atom stereocenters. The van der Waals surface area contributed by atoms with Crippen LogP contribution >= 0.6 is 0 Å². The first-order valence-electron chi connectivity index (χ1n) is 6.61. The normalized spacial score (nSPS) is 10.5. The fraction of sp³-hybridized carbons (Fsp3) is 0.357. The third-order valence-electron chi connectivity index (χ3n) is 3.13. The van der Waals surface area contributed by atoms with E-state index in [2.05, 4.69) is 17.3 Å². The van der Waals surface area contributed by atoms with Gasteiger partial charge in [-0.2, -0.15) is 5.10 Å². The highest BCUT2D eigenvalue weighted by Crippen LogP contribution is 2.22. The molecular weight excluding hydrogens is 256 g/mol. The second-order valence-corrected chi connectivity index (χ2v) is 4.66. The maximum absolute atomic E-state index is 10.8. The van der Waals surface area contributed by atoms with Crippen molar-refractivity contribution in [3.63, 3.8) is 0 Å². The van der Waals surface area contributed by atoms with Crippen LogP contribution in [0.25, 0.3) is 0 Å². The third kappa shape index (κ3) is 3.14. The Bertz CT molecular complexity index is 607. The number of aromatic nitrogens is 2. The molecule has 0 unspecified atom stereocenters. The van der Waals surface area contributed by atoms with Gasteiger partial charge < -0.3 is 5.32 Å². The summed E-state index contributed by atoms with van der Waals surface area (Å²) in [7, 11) is 0. The van der Waals surface area contributed by atoms with Gasteiger partial charge in [-0.25, -0.2) is 0 Å². The van der Waals surface area contributed by atoms with E-state index in [1.54, 1.807) is 18.3 Å². The largest absolute Gasteiger partial charge is 0.379 e. The van der Waals surface area contributed by atoms with Gasteiger partial charge in [0.05, 0.1) is 17.2 Å². The molecule has 1 aromatic heterocycles. The van der Waals surface area contributed by atoms with Crippen molar-refractivity contribution in [2.24, 2.45) is 0 Å². The number of nitro benzene ring substituents is 1. The second-order valence-electron chi connectivity index (χ2n) is 4.66. The standard InChI is InChI=1S/C14H18N4O2/c1-3-8-17-13(6-7-16-17)10-15-14-9-12(18(19)20)5-4-11(14)2/h4-7,9,15H,3,8,10H2,1-2H3. The molecule has 0 bridgehead atoms. The first-order chi connectivity index (χ1) is 9.61. The summed E-state index contributed by atoms with van der Waals surface area (Å²) in [5.74, 6) is 0. The lowest BCUT2D eigenvalue weighted by molar-refractivity contribution is -0.384. The van der Waals surface area contributed by atoms with Gasteiger partial charge in [0.2, 0.25) is 0 Å². The maximum atomic E-state index is 10.8. The van der Waals surface area contributed by atoms with Crippen LogP contribution in [0.15, 0.2) is 30.5 Å². The minimum atomic E-state index is -0.383. The number of rotatable bonds is 6. The van der Waals surface area contributed by atoms with Gasteiger partial charge in [0, 0.05) is 30.6 Å². The molecule has 1 N–H and O–H groups in total. The van der Waals surface area contributed by atoms with Gasteiger partial charge in [0.15, 0.2) is 0 Å². The molecule has 6 heteroatoms. The summed E-state index contributed by atoms with van der Waals surface area (Å²) in [5.41, 5.74) is 2.93. The third-order valence-corrected chi connectivity index (χ3v) is 3.13. The van der Waals surface area contributed by atoms with Gasteiger partial charge >= 0.3 is 0 Å².